The normalized spacial score (nSPS) is 21.3. The van der Waals surface area contributed by atoms with Crippen LogP contribution in [0.15, 0.2) is 30.3 Å². The fourth-order valence-electron chi connectivity index (χ4n) is 3.64. The second-order valence-electron chi connectivity index (χ2n) is 6.07. The number of benzene rings is 1. The quantitative estimate of drug-likeness (QED) is 0.934. The van der Waals surface area contributed by atoms with Crippen LogP contribution < -0.4 is 5.32 Å². The highest BCUT2D eigenvalue weighted by molar-refractivity contribution is 5.33. The molecule has 3 nitrogen and oxygen atoms in total. The van der Waals surface area contributed by atoms with Crippen molar-refractivity contribution >= 4 is 0 Å². The highest BCUT2D eigenvalue weighted by Gasteiger charge is 2.28. The van der Waals surface area contributed by atoms with Crippen LogP contribution in [0.25, 0.3) is 0 Å². The lowest BCUT2D eigenvalue weighted by atomic mass is 9.77. The van der Waals surface area contributed by atoms with Gasteiger partial charge in [-0.3, -0.25) is 4.68 Å². The summed E-state index contributed by atoms with van der Waals surface area (Å²) in [6, 6.07) is 11.6. The van der Waals surface area contributed by atoms with E-state index in [1.807, 2.05) is 0 Å². The summed E-state index contributed by atoms with van der Waals surface area (Å²) >= 11 is 0. The number of rotatable bonds is 4. The summed E-state index contributed by atoms with van der Waals surface area (Å²) in [6.07, 6.45) is 4.55. The van der Waals surface area contributed by atoms with Crippen molar-refractivity contribution in [3.05, 3.63) is 52.8 Å². The summed E-state index contributed by atoms with van der Waals surface area (Å²) in [7, 11) is 4.15. The van der Waals surface area contributed by atoms with E-state index in [0.29, 0.717) is 12.0 Å². The van der Waals surface area contributed by atoms with E-state index in [1.54, 1.807) is 0 Å². The van der Waals surface area contributed by atoms with Crippen LogP contribution in [-0.4, -0.2) is 16.8 Å². The summed E-state index contributed by atoms with van der Waals surface area (Å²) in [5.74, 6) is 0.644. The zero-order valence-electron chi connectivity index (χ0n) is 13.3. The molecule has 3 rings (SSSR count). The number of nitrogens with zero attached hydrogens (tertiary/aromatic N) is 2. The topological polar surface area (TPSA) is 29.9 Å². The molecule has 1 heterocycles. The first-order valence-corrected chi connectivity index (χ1v) is 7.99. The molecule has 2 unspecified atom stereocenters. The van der Waals surface area contributed by atoms with Crippen molar-refractivity contribution in [3.8, 4) is 0 Å². The van der Waals surface area contributed by atoms with Gasteiger partial charge in [0.25, 0.3) is 0 Å². The van der Waals surface area contributed by atoms with E-state index >= 15 is 0 Å². The molecule has 1 N–H and O–H groups in total. The van der Waals surface area contributed by atoms with Gasteiger partial charge in [0, 0.05) is 18.8 Å². The molecule has 0 amide bonds. The lowest BCUT2D eigenvalue weighted by molar-refractivity contribution is 0.329. The van der Waals surface area contributed by atoms with Crippen molar-refractivity contribution in [1.29, 1.82) is 0 Å². The van der Waals surface area contributed by atoms with E-state index in [2.05, 4.69) is 66.4 Å². The Balaban J connectivity index is 1.84. The molecule has 2 atom stereocenters. The average molecular weight is 283 g/mol. The lowest BCUT2D eigenvalue weighted by Crippen LogP contribution is -2.31. The van der Waals surface area contributed by atoms with E-state index < -0.39 is 0 Å². The van der Waals surface area contributed by atoms with Gasteiger partial charge in [0.2, 0.25) is 0 Å². The molecule has 0 saturated carbocycles. The van der Waals surface area contributed by atoms with Crippen LogP contribution in [-0.2, 0) is 26.3 Å². The predicted octanol–water partition coefficient (Wildman–Crippen LogP) is 3.05. The summed E-state index contributed by atoms with van der Waals surface area (Å²) in [5, 5.41) is 8.13. The second kappa shape index (κ2) is 6.02. The highest BCUT2D eigenvalue weighted by Crippen LogP contribution is 2.36. The van der Waals surface area contributed by atoms with Gasteiger partial charge < -0.3 is 5.32 Å². The highest BCUT2D eigenvalue weighted by atomic mass is 15.3. The molecule has 0 fully saturated rings. The molecular formula is C18H25N3. The minimum atomic E-state index is 0.454. The first-order chi connectivity index (χ1) is 10.2. The third-order valence-electron chi connectivity index (χ3n) is 4.82. The average Bonchev–Trinajstić information content (AvgIpc) is 2.87. The molecule has 1 aliphatic carbocycles. The van der Waals surface area contributed by atoms with Crippen LogP contribution in [0.5, 0.6) is 0 Å². The molecule has 0 radical (unpaired) electrons. The molecule has 0 bridgehead atoms. The fourth-order valence-corrected chi connectivity index (χ4v) is 3.64. The van der Waals surface area contributed by atoms with Crippen molar-refractivity contribution in [2.45, 2.75) is 38.6 Å². The zero-order valence-corrected chi connectivity index (χ0v) is 13.3. The van der Waals surface area contributed by atoms with Crippen LogP contribution in [0, 0.1) is 5.92 Å². The van der Waals surface area contributed by atoms with Crippen molar-refractivity contribution in [2.75, 3.05) is 7.05 Å². The second-order valence-corrected chi connectivity index (χ2v) is 6.07. The third kappa shape index (κ3) is 2.75. The fraction of sp³-hybridized carbons (Fsp3) is 0.500. The Morgan fingerprint density at radius 3 is 2.86 bits per heavy atom. The molecule has 21 heavy (non-hydrogen) atoms. The molecule has 1 aromatic carbocycles. The van der Waals surface area contributed by atoms with Gasteiger partial charge in [-0.05, 0) is 55.8 Å². The molecule has 0 saturated heterocycles. The van der Waals surface area contributed by atoms with Crippen LogP contribution in [0.4, 0.5) is 0 Å². The van der Waals surface area contributed by atoms with Crippen molar-refractivity contribution in [2.24, 2.45) is 13.0 Å². The molecule has 1 aromatic heterocycles. The maximum atomic E-state index is 4.59. The lowest BCUT2D eigenvalue weighted by Gasteiger charge is -2.33. The minimum Gasteiger partial charge on any atom is -0.313 e. The predicted molar refractivity (Wildman–Crippen MR) is 86.3 cm³/mol. The molecule has 0 spiro atoms. The molecule has 112 valence electrons. The van der Waals surface area contributed by atoms with Crippen LogP contribution in [0.2, 0.25) is 0 Å². The van der Waals surface area contributed by atoms with E-state index in [0.717, 1.165) is 12.8 Å². The maximum Gasteiger partial charge on any atom is 0.0624 e. The van der Waals surface area contributed by atoms with Gasteiger partial charge in [0.1, 0.15) is 0 Å². The Morgan fingerprint density at radius 1 is 1.33 bits per heavy atom. The van der Waals surface area contributed by atoms with Crippen LogP contribution in [0.1, 0.15) is 41.9 Å². The Bertz CT molecular complexity index is 615. The smallest absolute Gasteiger partial charge is 0.0624 e. The van der Waals surface area contributed by atoms with E-state index in [1.165, 1.54) is 35.4 Å². The number of fused-ring (bicyclic) bond motifs is 1. The first-order valence-electron chi connectivity index (χ1n) is 7.99. The van der Waals surface area contributed by atoms with Gasteiger partial charge >= 0.3 is 0 Å². The van der Waals surface area contributed by atoms with Gasteiger partial charge in [-0.15, -0.1) is 0 Å². The Kier molecular flexibility index (Phi) is 4.11. The zero-order chi connectivity index (χ0) is 14.8. The standard InChI is InChI=1S/C18H25N3/c1-4-15-12-16(21(3)20-15)11-14-10-9-13-7-5-6-8-17(13)18(14)19-2/h5-8,12,14,18-19H,4,9-11H2,1-3H3. The number of aryl methyl sites for hydroxylation is 3. The Morgan fingerprint density at radius 2 is 2.14 bits per heavy atom. The van der Waals surface area contributed by atoms with Crippen LogP contribution in [0.3, 0.4) is 0 Å². The first kappa shape index (κ1) is 14.3. The number of aromatic nitrogens is 2. The summed E-state index contributed by atoms with van der Waals surface area (Å²) in [5.41, 5.74) is 5.54. The van der Waals surface area contributed by atoms with Gasteiger partial charge in [-0.2, -0.15) is 5.10 Å². The van der Waals surface area contributed by atoms with E-state index in [9.17, 15) is 0 Å². The van der Waals surface area contributed by atoms with Gasteiger partial charge in [0.05, 0.1) is 5.69 Å². The number of hydrogen-bond acceptors (Lipinski definition) is 2. The maximum absolute atomic E-state index is 4.59. The van der Waals surface area contributed by atoms with Crippen molar-refractivity contribution in [3.63, 3.8) is 0 Å². The van der Waals surface area contributed by atoms with Gasteiger partial charge in [-0.25, -0.2) is 0 Å². The van der Waals surface area contributed by atoms with E-state index in [-0.39, 0.29) is 0 Å². The Labute approximate surface area is 127 Å². The molecule has 0 aliphatic heterocycles. The summed E-state index contributed by atoms with van der Waals surface area (Å²) in [4.78, 5) is 0. The molecule has 1 aliphatic rings. The van der Waals surface area contributed by atoms with Crippen molar-refractivity contribution < 1.29 is 0 Å². The Hall–Kier alpha value is -1.61. The largest absolute Gasteiger partial charge is 0.313 e. The molecule has 2 aromatic rings. The molecule has 3 heteroatoms. The summed E-state index contributed by atoms with van der Waals surface area (Å²) < 4.78 is 2.06. The number of nitrogens with one attached hydrogen (secondary N) is 1. The summed E-state index contributed by atoms with van der Waals surface area (Å²) in [6.45, 7) is 2.17. The van der Waals surface area contributed by atoms with Gasteiger partial charge in [0.15, 0.2) is 0 Å². The number of hydrogen-bond donors (Lipinski definition) is 1. The SMILES string of the molecule is CCc1cc(CC2CCc3ccccc3C2NC)n(C)n1. The van der Waals surface area contributed by atoms with Crippen LogP contribution >= 0.6 is 0 Å². The van der Waals surface area contributed by atoms with E-state index in [4.69, 9.17) is 0 Å². The van der Waals surface area contributed by atoms with Gasteiger partial charge in [-0.1, -0.05) is 31.2 Å². The minimum absolute atomic E-state index is 0.454. The third-order valence-corrected chi connectivity index (χ3v) is 4.82. The monoisotopic (exact) mass is 283 g/mol. The van der Waals surface area contributed by atoms with Crippen molar-refractivity contribution in [1.82, 2.24) is 15.1 Å². The molecular weight excluding hydrogens is 258 g/mol.